The quantitative estimate of drug-likeness (QED) is 0.532. The molecule has 1 aliphatic carbocycles. The van der Waals surface area contributed by atoms with E-state index < -0.39 is 6.41 Å². The van der Waals surface area contributed by atoms with Gasteiger partial charge >= 0.3 is 0 Å². The predicted octanol–water partition coefficient (Wildman–Crippen LogP) is 6.16. The fraction of sp³-hybridized carbons (Fsp3) is 0.308. The number of hydrogen-bond donors (Lipinski definition) is 1. The van der Waals surface area contributed by atoms with Gasteiger partial charge in [0.15, 0.2) is 0 Å². The predicted molar refractivity (Wildman–Crippen MR) is 120 cm³/mol. The maximum absolute atomic E-state index is 5.93. The monoisotopic (exact) mass is 401 g/mol. The molecule has 3 aromatic rings. The molecular formula is C26H27NO3. The summed E-state index contributed by atoms with van der Waals surface area (Å²) in [5.41, 5.74) is 3.07. The SMILES string of the molecule is C=C(c1cccc2ccccc12)C1CCC2(CC1)COC(Nc1ccccc1)OO2. The average molecular weight is 402 g/mol. The fourth-order valence-electron chi connectivity index (χ4n) is 4.61. The van der Waals surface area contributed by atoms with Crippen molar-refractivity contribution < 1.29 is 14.5 Å². The molecule has 2 aliphatic rings. The van der Waals surface area contributed by atoms with Gasteiger partial charge in [0.25, 0.3) is 6.41 Å². The van der Waals surface area contributed by atoms with Crippen LogP contribution >= 0.6 is 0 Å². The van der Waals surface area contributed by atoms with Crippen molar-refractivity contribution in [3.05, 3.63) is 84.9 Å². The van der Waals surface area contributed by atoms with Crippen LogP contribution in [0.4, 0.5) is 5.69 Å². The minimum atomic E-state index is -0.582. The highest BCUT2D eigenvalue weighted by molar-refractivity contribution is 5.93. The van der Waals surface area contributed by atoms with E-state index in [0.29, 0.717) is 12.5 Å². The van der Waals surface area contributed by atoms with Gasteiger partial charge in [0.2, 0.25) is 0 Å². The number of fused-ring (bicyclic) bond motifs is 1. The zero-order valence-electron chi connectivity index (χ0n) is 17.1. The first-order chi connectivity index (χ1) is 14.7. The van der Waals surface area contributed by atoms with Crippen LogP contribution in [0.25, 0.3) is 16.3 Å². The van der Waals surface area contributed by atoms with Gasteiger partial charge in [0.1, 0.15) is 5.60 Å². The zero-order valence-corrected chi connectivity index (χ0v) is 17.1. The van der Waals surface area contributed by atoms with Crippen LogP contribution in [0.2, 0.25) is 0 Å². The van der Waals surface area contributed by atoms with Gasteiger partial charge in [-0.15, -0.1) is 0 Å². The summed E-state index contributed by atoms with van der Waals surface area (Å²) < 4.78 is 5.93. The van der Waals surface area contributed by atoms with Crippen LogP contribution in [0.1, 0.15) is 31.2 Å². The number of rotatable bonds is 4. The molecule has 1 aliphatic heterocycles. The number of para-hydroxylation sites is 1. The van der Waals surface area contributed by atoms with Gasteiger partial charge in [-0.3, -0.25) is 0 Å². The summed E-state index contributed by atoms with van der Waals surface area (Å²) in [6.07, 6.45) is 3.26. The van der Waals surface area contributed by atoms with E-state index in [1.54, 1.807) is 0 Å². The van der Waals surface area contributed by atoms with Gasteiger partial charge in [-0.2, -0.15) is 4.89 Å². The third-order valence-electron chi connectivity index (χ3n) is 6.39. The Labute approximate surface area is 177 Å². The summed E-state index contributed by atoms with van der Waals surface area (Å²) in [5, 5.41) is 5.73. The van der Waals surface area contributed by atoms with Crippen molar-refractivity contribution in [1.82, 2.24) is 0 Å². The Morgan fingerprint density at radius 1 is 0.900 bits per heavy atom. The second kappa shape index (κ2) is 8.23. The summed E-state index contributed by atoms with van der Waals surface area (Å²) in [7, 11) is 0. The van der Waals surface area contributed by atoms with E-state index in [-0.39, 0.29) is 5.60 Å². The highest BCUT2D eigenvalue weighted by Gasteiger charge is 2.43. The number of ether oxygens (including phenoxy) is 1. The minimum Gasteiger partial charge on any atom is -0.335 e. The maximum Gasteiger partial charge on any atom is 0.268 e. The summed E-state index contributed by atoms with van der Waals surface area (Å²) >= 11 is 0. The van der Waals surface area contributed by atoms with E-state index >= 15 is 0 Å². The molecule has 1 N–H and O–H groups in total. The molecule has 4 heteroatoms. The van der Waals surface area contributed by atoms with Crippen LogP contribution < -0.4 is 5.32 Å². The van der Waals surface area contributed by atoms with Crippen LogP contribution in [-0.4, -0.2) is 18.6 Å². The van der Waals surface area contributed by atoms with Crippen molar-refractivity contribution in [2.45, 2.75) is 37.7 Å². The molecule has 1 heterocycles. The number of nitrogens with one attached hydrogen (secondary N) is 1. The zero-order chi connectivity index (χ0) is 20.4. The van der Waals surface area contributed by atoms with Crippen molar-refractivity contribution in [2.75, 3.05) is 11.9 Å². The molecular weight excluding hydrogens is 374 g/mol. The molecule has 30 heavy (non-hydrogen) atoms. The minimum absolute atomic E-state index is 0.357. The van der Waals surface area contributed by atoms with Crippen LogP contribution in [-0.2, 0) is 14.5 Å². The number of hydrogen-bond acceptors (Lipinski definition) is 4. The van der Waals surface area contributed by atoms with E-state index in [0.717, 1.165) is 31.4 Å². The highest BCUT2D eigenvalue weighted by Crippen LogP contribution is 2.43. The van der Waals surface area contributed by atoms with Crippen molar-refractivity contribution >= 4 is 22.0 Å². The van der Waals surface area contributed by atoms with Crippen molar-refractivity contribution in [1.29, 1.82) is 0 Å². The molecule has 0 radical (unpaired) electrons. The Kier molecular flexibility index (Phi) is 5.30. The van der Waals surface area contributed by atoms with Crippen LogP contribution in [0.3, 0.4) is 0 Å². The molecule has 2 fully saturated rings. The summed E-state index contributed by atoms with van der Waals surface area (Å²) in [5.74, 6) is 0.449. The molecule has 0 amide bonds. The normalized spacial score (nSPS) is 26.5. The lowest BCUT2D eigenvalue weighted by atomic mass is 9.74. The largest absolute Gasteiger partial charge is 0.335 e. The van der Waals surface area contributed by atoms with Gasteiger partial charge in [-0.1, -0.05) is 67.2 Å². The Morgan fingerprint density at radius 3 is 2.40 bits per heavy atom. The first-order valence-electron chi connectivity index (χ1n) is 10.7. The Morgan fingerprint density at radius 2 is 1.63 bits per heavy atom. The van der Waals surface area contributed by atoms with E-state index in [1.807, 2.05) is 30.3 Å². The number of anilines is 1. The summed E-state index contributed by atoms with van der Waals surface area (Å²) in [4.78, 5) is 11.4. The van der Waals surface area contributed by atoms with Gasteiger partial charge in [-0.25, -0.2) is 4.89 Å². The van der Waals surface area contributed by atoms with Crippen molar-refractivity contribution in [2.24, 2.45) is 5.92 Å². The molecule has 0 bridgehead atoms. The smallest absolute Gasteiger partial charge is 0.268 e. The lowest BCUT2D eigenvalue weighted by Gasteiger charge is -2.43. The van der Waals surface area contributed by atoms with Crippen LogP contribution in [0.5, 0.6) is 0 Å². The highest BCUT2D eigenvalue weighted by atomic mass is 17.2. The average Bonchev–Trinajstić information content (AvgIpc) is 2.81. The van der Waals surface area contributed by atoms with Gasteiger partial charge in [0.05, 0.1) is 6.61 Å². The molecule has 154 valence electrons. The van der Waals surface area contributed by atoms with E-state index in [9.17, 15) is 0 Å². The van der Waals surface area contributed by atoms with Crippen molar-refractivity contribution in [3.8, 4) is 0 Å². The van der Waals surface area contributed by atoms with Crippen LogP contribution in [0, 0.1) is 5.92 Å². The van der Waals surface area contributed by atoms with E-state index in [2.05, 4.69) is 54.4 Å². The first kappa shape index (κ1) is 19.3. The van der Waals surface area contributed by atoms with Gasteiger partial charge < -0.3 is 10.1 Å². The van der Waals surface area contributed by atoms with E-state index in [4.69, 9.17) is 14.5 Å². The molecule has 5 rings (SSSR count). The van der Waals surface area contributed by atoms with Crippen LogP contribution in [0.15, 0.2) is 79.4 Å². The third kappa shape index (κ3) is 3.86. The Bertz CT molecular complexity index is 1010. The standard InChI is InChI=1S/C26H27NO3/c1-19(23-13-7-9-21-8-5-6-12-24(21)23)20-14-16-26(17-15-20)18-28-25(29-30-26)27-22-10-3-2-4-11-22/h2-13,20,25,27H,1,14-18H2. The summed E-state index contributed by atoms with van der Waals surface area (Å²) in [6, 6.07) is 24.9. The van der Waals surface area contributed by atoms with Crippen molar-refractivity contribution in [3.63, 3.8) is 0 Å². The fourth-order valence-corrected chi connectivity index (χ4v) is 4.61. The molecule has 1 saturated heterocycles. The first-order valence-corrected chi connectivity index (χ1v) is 10.7. The maximum atomic E-state index is 5.93. The Hall–Kier alpha value is -2.66. The van der Waals surface area contributed by atoms with E-state index in [1.165, 1.54) is 21.9 Å². The topological polar surface area (TPSA) is 39.7 Å². The number of allylic oxidation sites excluding steroid dienone is 1. The third-order valence-corrected chi connectivity index (χ3v) is 6.39. The van der Waals surface area contributed by atoms with Gasteiger partial charge in [-0.05, 0) is 65.6 Å². The Balaban J connectivity index is 1.20. The lowest BCUT2D eigenvalue weighted by molar-refractivity contribution is -0.468. The second-order valence-corrected chi connectivity index (χ2v) is 8.34. The molecule has 1 unspecified atom stereocenters. The molecule has 3 aromatic carbocycles. The molecule has 1 saturated carbocycles. The summed E-state index contributed by atoms with van der Waals surface area (Å²) in [6.45, 7) is 5.01. The van der Waals surface area contributed by atoms with Gasteiger partial charge in [0, 0.05) is 5.69 Å². The lowest BCUT2D eigenvalue weighted by Crippen LogP contribution is -2.49. The second-order valence-electron chi connectivity index (χ2n) is 8.34. The molecule has 1 atom stereocenters. The number of benzene rings is 3. The molecule has 0 aromatic heterocycles. The molecule has 4 nitrogen and oxygen atoms in total. The molecule has 1 spiro atoms.